The molecule has 2 rings (SSSR count). The molecular weight excluding hydrogens is 210 g/mol. The minimum atomic E-state index is -0.566. The summed E-state index contributed by atoms with van der Waals surface area (Å²) in [6, 6.07) is -0.283. The maximum atomic E-state index is 11.8. The van der Waals surface area contributed by atoms with Gasteiger partial charge in [0.15, 0.2) is 0 Å². The fourth-order valence-electron chi connectivity index (χ4n) is 1.73. The second-order valence-electron chi connectivity index (χ2n) is 3.95. The van der Waals surface area contributed by atoms with Crippen molar-refractivity contribution in [3.8, 4) is 0 Å². The summed E-state index contributed by atoms with van der Waals surface area (Å²) >= 11 is 0. The summed E-state index contributed by atoms with van der Waals surface area (Å²) in [5.74, 6) is -0.733. The van der Waals surface area contributed by atoms with Crippen molar-refractivity contribution in [2.75, 3.05) is 0 Å². The van der Waals surface area contributed by atoms with Gasteiger partial charge in [-0.2, -0.15) is 0 Å². The molecule has 6 heteroatoms. The predicted octanol–water partition coefficient (Wildman–Crippen LogP) is 0.0827. The molecule has 0 bridgehead atoms. The Morgan fingerprint density at radius 1 is 1.19 bits per heavy atom. The maximum absolute atomic E-state index is 11.8. The van der Waals surface area contributed by atoms with Crippen LogP contribution in [0.2, 0.25) is 0 Å². The molecular formula is C10H11N3O3. The zero-order valence-corrected chi connectivity index (χ0v) is 9.20. The van der Waals surface area contributed by atoms with E-state index in [9.17, 15) is 14.4 Å². The number of amides is 2. The van der Waals surface area contributed by atoms with Crippen molar-refractivity contribution in [1.29, 1.82) is 0 Å². The Kier molecular flexibility index (Phi) is 2.15. The fraction of sp³-hybridized carbons (Fsp3) is 0.400. The van der Waals surface area contributed by atoms with Crippen LogP contribution in [-0.4, -0.2) is 32.7 Å². The molecule has 84 valence electrons. The topological polar surface area (TPSA) is 83.1 Å². The molecule has 1 aliphatic heterocycles. The number of rotatable bonds is 1. The molecule has 0 unspecified atom stereocenters. The van der Waals surface area contributed by atoms with Crippen molar-refractivity contribution >= 4 is 11.8 Å². The Labute approximate surface area is 91.3 Å². The van der Waals surface area contributed by atoms with Crippen LogP contribution in [0.1, 0.15) is 40.5 Å². The first kappa shape index (κ1) is 10.5. The Hall–Kier alpha value is -1.98. The van der Waals surface area contributed by atoms with Gasteiger partial charge in [-0.05, 0) is 20.8 Å². The van der Waals surface area contributed by atoms with E-state index in [-0.39, 0.29) is 17.3 Å². The van der Waals surface area contributed by atoms with E-state index in [2.05, 4.69) is 9.97 Å². The highest BCUT2D eigenvalue weighted by atomic mass is 16.2. The zero-order valence-electron chi connectivity index (χ0n) is 9.20. The van der Waals surface area contributed by atoms with Crippen LogP contribution in [0.15, 0.2) is 4.79 Å². The molecule has 1 N–H and O–H groups in total. The fourth-order valence-corrected chi connectivity index (χ4v) is 1.73. The van der Waals surface area contributed by atoms with Crippen LogP contribution in [0.25, 0.3) is 0 Å². The van der Waals surface area contributed by atoms with Crippen molar-refractivity contribution < 1.29 is 9.59 Å². The van der Waals surface area contributed by atoms with E-state index in [1.54, 1.807) is 20.8 Å². The monoisotopic (exact) mass is 221 g/mol. The number of imide groups is 1. The highest BCUT2D eigenvalue weighted by Crippen LogP contribution is 2.19. The normalized spacial score (nSPS) is 14.9. The van der Waals surface area contributed by atoms with Gasteiger partial charge in [0.1, 0.15) is 17.1 Å². The van der Waals surface area contributed by atoms with Crippen LogP contribution in [-0.2, 0) is 0 Å². The Morgan fingerprint density at radius 3 is 2.38 bits per heavy atom. The van der Waals surface area contributed by atoms with Crippen molar-refractivity contribution in [3.05, 3.63) is 27.4 Å². The lowest BCUT2D eigenvalue weighted by atomic mass is 10.2. The van der Waals surface area contributed by atoms with Gasteiger partial charge >= 0.3 is 0 Å². The molecule has 16 heavy (non-hydrogen) atoms. The lowest BCUT2D eigenvalue weighted by Crippen LogP contribution is -2.36. The van der Waals surface area contributed by atoms with Crippen LogP contribution >= 0.6 is 0 Å². The third-order valence-electron chi connectivity index (χ3n) is 2.41. The number of carbonyl (C=O) groups is 2. The molecule has 0 saturated carbocycles. The maximum Gasteiger partial charge on any atom is 0.280 e. The summed E-state index contributed by atoms with van der Waals surface area (Å²) in [5.41, 5.74) is -0.742. The Balaban J connectivity index is 2.69. The molecule has 6 nitrogen and oxygen atoms in total. The van der Waals surface area contributed by atoms with Gasteiger partial charge in [-0.25, -0.2) is 4.98 Å². The van der Waals surface area contributed by atoms with E-state index in [0.29, 0.717) is 5.82 Å². The van der Waals surface area contributed by atoms with Gasteiger partial charge in [0.05, 0.1) is 0 Å². The summed E-state index contributed by atoms with van der Waals surface area (Å²) in [4.78, 5) is 42.6. The number of H-pyrrole nitrogens is 1. The molecule has 2 amide bonds. The number of nitrogens with one attached hydrogen (secondary N) is 1. The summed E-state index contributed by atoms with van der Waals surface area (Å²) < 4.78 is 0. The van der Waals surface area contributed by atoms with Gasteiger partial charge in [0.2, 0.25) is 0 Å². The minimum absolute atomic E-state index is 0.0417. The molecule has 0 fully saturated rings. The van der Waals surface area contributed by atoms with Gasteiger partial charge in [-0.3, -0.25) is 19.3 Å². The molecule has 1 aliphatic rings. The highest BCUT2D eigenvalue weighted by molar-refractivity contribution is 6.20. The number of aromatic amines is 1. The smallest absolute Gasteiger partial charge is 0.280 e. The van der Waals surface area contributed by atoms with E-state index in [4.69, 9.17) is 0 Å². The van der Waals surface area contributed by atoms with Gasteiger partial charge in [-0.1, -0.05) is 0 Å². The minimum Gasteiger partial charge on any atom is -0.310 e. The van der Waals surface area contributed by atoms with Gasteiger partial charge in [0.25, 0.3) is 17.4 Å². The lowest BCUT2D eigenvalue weighted by molar-refractivity contribution is 0.0606. The third-order valence-corrected chi connectivity index (χ3v) is 2.41. The van der Waals surface area contributed by atoms with E-state index in [0.717, 1.165) is 4.90 Å². The molecule has 0 aliphatic carbocycles. The first-order valence-electron chi connectivity index (χ1n) is 4.92. The van der Waals surface area contributed by atoms with Crippen molar-refractivity contribution in [1.82, 2.24) is 14.9 Å². The molecule has 0 spiro atoms. The van der Waals surface area contributed by atoms with E-state index in [1.807, 2.05) is 0 Å². The number of aromatic nitrogens is 2. The Morgan fingerprint density at radius 2 is 1.81 bits per heavy atom. The van der Waals surface area contributed by atoms with Crippen LogP contribution in [0, 0.1) is 6.92 Å². The summed E-state index contributed by atoms with van der Waals surface area (Å²) in [7, 11) is 0. The quantitative estimate of drug-likeness (QED) is 0.681. The summed E-state index contributed by atoms with van der Waals surface area (Å²) in [6.45, 7) is 4.99. The molecule has 1 aromatic heterocycles. The molecule has 0 atom stereocenters. The lowest BCUT2D eigenvalue weighted by Gasteiger charge is -2.17. The van der Waals surface area contributed by atoms with E-state index in [1.165, 1.54) is 0 Å². The molecule has 0 saturated heterocycles. The van der Waals surface area contributed by atoms with Crippen LogP contribution in [0.3, 0.4) is 0 Å². The van der Waals surface area contributed by atoms with Crippen molar-refractivity contribution in [3.63, 3.8) is 0 Å². The predicted molar refractivity (Wildman–Crippen MR) is 55.2 cm³/mol. The first-order chi connectivity index (χ1) is 7.43. The number of aryl methyl sites for hydroxylation is 1. The van der Waals surface area contributed by atoms with E-state index < -0.39 is 17.4 Å². The average molecular weight is 221 g/mol. The zero-order chi connectivity index (χ0) is 12.0. The molecule has 1 aromatic rings. The molecule has 2 heterocycles. The van der Waals surface area contributed by atoms with Gasteiger partial charge in [-0.15, -0.1) is 0 Å². The standard InChI is InChI=1S/C10H11N3O3/c1-4(2)13-9(15)6-7(10(13)16)11-5(3)12-8(6)14/h4H,1-3H3,(H,11,12,14). The molecule has 0 radical (unpaired) electrons. The number of hydrogen-bond acceptors (Lipinski definition) is 4. The summed E-state index contributed by atoms with van der Waals surface area (Å²) in [5, 5.41) is 0. The Bertz CT molecular complexity index is 545. The van der Waals surface area contributed by atoms with Crippen LogP contribution in [0.5, 0.6) is 0 Å². The third kappa shape index (κ3) is 1.26. The second-order valence-corrected chi connectivity index (χ2v) is 3.95. The SMILES string of the molecule is Cc1nc2c(c(=O)[nH]1)C(=O)N(C(C)C)C2=O. The average Bonchev–Trinajstić information content (AvgIpc) is 2.38. The molecule has 0 aromatic carbocycles. The summed E-state index contributed by atoms with van der Waals surface area (Å²) in [6.07, 6.45) is 0. The van der Waals surface area contributed by atoms with Crippen molar-refractivity contribution in [2.45, 2.75) is 26.8 Å². The second kappa shape index (κ2) is 3.26. The number of fused-ring (bicyclic) bond motifs is 1. The van der Waals surface area contributed by atoms with Crippen LogP contribution < -0.4 is 5.56 Å². The van der Waals surface area contributed by atoms with Crippen molar-refractivity contribution in [2.24, 2.45) is 0 Å². The largest absolute Gasteiger partial charge is 0.310 e. The number of nitrogens with zero attached hydrogens (tertiary/aromatic N) is 2. The van der Waals surface area contributed by atoms with E-state index >= 15 is 0 Å². The first-order valence-corrected chi connectivity index (χ1v) is 4.92. The highest BCUT2D eigenvalue weighted by Gasteiger charge is 2.40. The number of hydrogen-bond donors (Lipinski definition) is 1. The number of carbonyl (C=O) groups excluding carboxylic acids is 2. The van der Waals surface area contributed by atoms with Crippen LogP contribution in [0.4, 0.5) is 0 Å². The van der Waals surface area contributed by atoms with Gasteiger partial charge in [0, 0.05) is 6.04 Å². The van der Waals surface area contributed by atoms with Gasteiger partial charge < -0.3 is 4.98 Å².